The van der Waals surface area contributed by atoms with Crippen LogP contribution in [0.3, 0.4) is 0 Å². The number of hydrogen-bond acceptors (Lipinski definition) is 5. The van der Waals surface area contributed by atoms with Gasteiger partial charge in [-0.3, -0.25) is 0 Å². The Morgan fingerprint density at radius 1 is 0.514 bits per heavy atom. The van der Waals surface area contributed by atoms with E-state index in [4.69, 9.17) is 4.74 Å². The number of aliphatic hydroxyl groups excluding tert-OH is 2. The van der Waals surface area contributed by atoms with Crippen molar-refractivity contribution in [3.63, 3.8) is 0 Å². The van der Waals surface area contributed by atoms with Crippen LogP contribution in [0, 0.1) is 0 Å². The van der Waals surface area contributed by atoms with Crippen molar-refractivity contribution < 1.29 is 25.2 Å². The Morgan fingerprint density at radius 2 is 0.865 bits per heavy atom. The van der Waals surface area contributed by atoms with Gasteiger partial charge in [0.1, 0.15) is 17.3 Å². The molecule has 0 aromatic rings. The molecular weight excluding hydrogens is 464 g/mol. The van der Waals surface area contributed by atoms with E-state index in [1.54, 1.807) is 0 Å². The standard InChI is InChI=1S/C32H66O5/c1-4-7-10-13-16-19-22-25-31(35,28-33)30(34)32(36,26-23-20-17-14-11-8-5-2)29-37-27-24-21-18-15-12-9-6-3/h30,33-36H,4-29H2,1-3H3/t30-,31+,32-/m1/s1. The maximum atomic E-state index is 11.5. The van der Waals surface area contributed by atoms with Gasteiger partial charge in [0.25, 0.3) is 0 Å². The van der Waals surface area contributed by atoms with Gasteiger partial charge in [0.05, 0.1) is 13.2 Å². The molecule has 37 heavy (non-hydrogen) atoms. The molecule has 3 atom stereocenters. The number of hydrogen-bond donors (Lipinski definition) is 4. The van der Waals surface area contributed by atoms with Crippen molar-refractivity contribution in [2.24, 2.45) is 0 Å². The molecule has 0 saturated heterocycles. The van der Waals surface area contributed by atoms with Crippen LogP contribution in [0.25, 0.3) is 0 Å². The minimum Gasteiger partial charge on any atom is -0.393 e. The molecule has 0 aliphatic rings. The largest absolute Gasteiger partial charge is 0.393 e. The van der Waals surface area contributed by atoms with Crippen molar-refractivity contribution >= 4 is 0 Å². The number of ether oxygens (including phenoxy) is 1. The lowest BCUT2D eigenvalue weighted by molar-refractivity contribution is -0.209. The molecule has 0 unspecified atom stereocenters. The van der Waals surface area contributed by atoms with Crippen LogP contribution in [-0.2, 0) is 4.74 Å². The molecule has 0 aromatic heterocycles. The van der Waals surface area contributed by atoms with E-state index in [0.29, 0.717) is 13.0 Å². The molecule has 0 aliphatic carbocycles. The lowest BCUT2D eigenvalue weighted by Crippen LogP contribution is -2.60. The minimum absolute atomic E-state index is 0.000830. The van der Waals surface area contributed by atoms with Gasteiger partial charge in [0.15, 0.2) is 0 Å². The van der Waals surface area contributed by atoms with E-state index in [-0.39, 0.29) is 13.0 Å². The molecule has 0 saturated carbocycles. The third-order valence-electron chi connectivity index (χ3n) is 7.96. The fourth-order valence-corrected chi connectivity index (χ4v) is 5.28. The Bertz CT molecular complexity index is 474. The summed E-state index contributed by atoms with van der Waals surface area (Å²) in [5.74, 6) is 0. The molecule has 0 aromatic carbocycles. The van der Waals surface area contributed by atoms with Gasteiger partial charge in [-0.15, -0.1) is 0 Å². The van der Waals surface area contributed by atoms with Crippen LogP contribution >= 0.6 is 0 Å². The van der Waals surface area contributed by atoms with Gasteiger partial charge >= 0.3 is 0 Å². The van der Waals surface area contributed by atoms with Crippen LogP contribution in [0.2, 0.25) is 0 Å². The SMILES string of the molecule is CCCCCCCCCOC[C@](O)(CCCCCCCCC)[C@H](O)[C@@](O)(CO)CCCCCCCCC. The number of rotatable bonds is 29. The second kappa shape index (κ2) is 24.8. The average molecular weight is 531 g/mol. The zero-order valence-corrected chi connectivity index (χ0v) is 25.2. The lowest BCUT2D eigenvalue weighted by Gasteiger charge is -2.42. The highest BCUT2D eigenvalue weighted by atomic mass is 16.5. The van der Waals surface area contributed by atoms with Crippen molar-refractivity contribution in [1.29, 1.82) is 0 Å². The summed E-state index contributed by atoms with van der Waals surface area (Å²) < 4.78 is 5.88. The van der Waals surface area contributed by atoms with Gasteiger partial charge in [-0.2, -0.15) is 0 Å². The van der Waals surface area contributed by atoms with Gasteiger partial charge in [-0.25, -0.2) is 0 Å². The summed E-state index contributed by atoms with van der Waals surface area (Å²) in [5.41, 5.74) is -3.26. The highest BCUT2D eigenvalue weighted by Gasteiger charge is 2.48. The van der Waals surface area contributed by atoms with Crippen molar-refractivity contribution in [2.45, 2.75) is 186 Å². The molecule has 0 fully saturated rings. The molecule has 0 radical (unpaired) electrons. The van der Waals surface area contributed by atoms with E-state index in [1.807, 2.05) is 0 Å². The second-order valence-electron chi connectivity index (χ2n) is 11.7. The number of aliphatic hydroxyl groups is 4. The summed E-state index contributed by atoms with van der Waals surface area (Å²) in [4.78, 5) is 0. The van der Waals surface area contributed by atoms with E-state index in [2.05, 4.69) is 20.8 Å². The molecule has 0 heterocycles. The Morgan fingerprint density at radius 3 is 1.27 bits per heavy atom. The summed E-state index contributed by atoms with van der Waals surface area (Å²) in [6.45, 7) is 6.63. The molecule has 5 heteroatoms. The van der Waals surface area contributed by atoms with E-state index in [0.717, 1.165) is 51.4 Å². The first-order valence-corrected chi connectivity index (χ1v) is 16.2. The normalized spacial score (nSPS) is 16.0. The summed E-state index contributed by atoms with van der Waals surface area (Å²) in [6, 6.07) is 0. The summed E-state index contributed by atoms with van der Waals surface area (Å²) >= 11 is 0. The Balaban J connectivity index is 4.77. The Hall–Kier alpha value is -0.200. The highest BCUT2D eigenvalue weighted by Crippen LogP contribution is 2.31. The lowest BCUT2D eigenvalue weighted by atomic mass is 9.78. The van der Waals surface area contributed by atoms with Gasteiger partial charge in [0.2, 0.25) is 0 Å². The first-order valence-electron chi connectivity index (χ1n) is 16.2. The molecule has 0 aliphatic heterocycles. The average Bonchev–Trinajstić information content (AvgIpc) is 2.90. The fraction of sp³-hybridized carbons (Fsp3) is 1.00. The van der Waals surface area contributed by atoms with Crippen molar-refractivity contribution in [2.75, 3.05) is 19.8 Å². The molecule has 0 bridgehead atoms. The molecule has 224 valence electrons. The first kappa shape index (κ1) is 36.8. The second-order valence-corrected chi connectivity index (χ2v) is 11.7. The molecular formula is C32H66O5. The van der Waals surface area contributed by atoms with Crippen LogP contribution in [0.1, 0.15) is 168 Å². The van der Waals surface area contributed by atoms with Crippen LogP contribution < -0.4 is 0 Å². The van der Waals surface area contributed by atoms with Crippen molar-refractivity contribution in [1.82, 2.24) is 0 Å². The summed E-state index contributed by atoms with van der Waals surface area (Å²) in [7, 11) is 0. The van der Waals surface area contributed by atoms with E-state index in [1.165, 1.54) is 83.5 Å². The zero-order chi connectivity index (χ0) is 27.7. The maximum absolute atomic E-state index is 11.5. The van der Waals surface area contributed by atoms with Crippen LogP contribution in [0.4, 0.5) is 0 Å². The van der Waals surface area contributed by atoms with Gasteiger partial charge in [-0.05, 0) is 19.3 Å². The summed E-state index contributed by atoms with van der Waals surface area (Å²) in [6.07, 6.45) is 23.1. The maximum Gasteiger partial charge on any atom is 0.117 e. The molecule has 4 N–H and O–H groups in total. The fourth-order valence-electron chi connectivity index (χ4n) is 5.28. The molecule has 0 amide bonds. The number of unbranched alkanes of at least 4 members (excludes halogenated alkanes) is 18. The van der Waals surface area contributed by atoms with E-state index in [9.17, 15) is 20.4 Å². The first-order chi connectivity index (χ1) is 17.9. The van der Waals surface area contributed by atoms with Gasteiger partial charge in [-0.1, -0.05) is 149 Å². The van der Waals surface area contributed by atoms with Crippen molar-refractivity contribution in [3.8, 4) is 0 Å². The summed E-state index contributed by atoms with van der Waals surface area (Å²) in [5, 5.41) is 44.0. The van der Waals surface area contributed by atoms with Gasteiger partial charge in [0, 0.05) is 6.61 Å². The van der Waals surface area contributed by atoms with Crippen LogP contribution in [0.15, 0.2) is 0 Å². The van der Waals surface area contributed by atoms with Crippen LogP contribution in [-0.4, -0.2) is 57.6 Å². The van der Waals surface area contributed by atoms with E-state index >= 15 is 0 Å². The quantitative estimate of drug-likeness (QED) is 0.0739. The minimum atomic E-state index is -1.71. The van der Waals surface area contributed by atoms with E-state index < -0.39 is 23.9 Å². The molecule has 0 spiro atoms. The van der Waals surface area contributed by atoms with Crippen molar-refractivity contribution in [3.05, 3.63) is 0 Å². The predicted molar refractivity (Wildman–Crippen MR) is 157 cm³/mol. The topological polar surface area (TPSA) is 90.2 Å². The predicted octanol–water partition coefficient (Wildman–Crippen LogP) is 7.85. The molecule has 0 rings (SSSR count). The Kier molecular flexibility index (Phi) is 24.7. The smallest absolute Gasteiger partial charge is 0.117 e. The van der Waals surface area contributed by atoms with Gasteiger partial charge < -0.3 is 25.2 Å². The zero-order valence-electron chi connectivity index (χ0n) is 25.2. The third kappa shape index (κ3) is 18.7. The molecule has 5 nitrogen and oxygen atoms in total. The Labute approximate surface area is 230 Å². The third-order valence-corrected chi connectivity index (χ3v) is 7.96. The van der Waals surface area contributed by atoms with Crippen LogP contribution in [0.5, 0.6) is 0 Å². The monoisotopic (exact) mass is 530 g/mol. The highest BCUT2D eigenvalue weighted by molar-refractivity contribution is 4.99.